The van der Waals surface area contributed by atoms with Crippen LogP contribution in [0.25, 0.3) is 10.2 Å². The van der Waals surface area contributed by atoms with Gasteiger partial charge in [-0.3, -0.25) is 9.59 Å². The Labute approximate surface area is 202 Å². The largest absolute Gasteiger partial charge is 0.493 e. The minimum Gasteiger partial charge on any atom is -0.493 e. The summed E-state index contributed by atoms with van der Waals surface area (Å²) < 4.78 is 10.6. The van der Waals surface area contributed by atoms with Crippen molar-refractivity contribution in [3.05, 3.63) is 44.6 Å². The van der Waals surface area contributed by atoms with E-state index in [4.69, 9.17) is 9.47 Å². The Morgan fingerprint density at radius 1 is 1.27 bits per heavy atom. The normalized spacial score (nSPS) is 12.1. The number of aromatic nitrogens is 2. The molecule has 0 saturated heterocycles. The molecular formula is C24H31N3O4S2. The number of carbonyl (C=O) groups excluding carboxylic acids is 1. The second-order valence-electron chi connectivity index (χ2n) is 8.13. The summed E-state index contributed by atoms with van der Waals surface area (Å²) in [5, 5.41) is 1.16. The van der Waals surface area contributed by atoms with Gasteiger partial charge in [0.25, 0.3) is 5.56 Å². The summed E-state index contributed by atoms with van der Waals surface area (Å²) in [4.78, 5) is 36.5. The number of amides is 1. The molecule has 1 atom stereocenters. The number of carbonyl (C=O) groups is 1. The van der Waals surface area contributed by atoms with Gasteiger partial charge in [0.05, 0.1) is 25.4 Å². The Kier molecular flexibility index (Phi) is 8.42. The monoisotopic (exact) mass is 489 g/mol. The van der Waals surface area contributed by atoms with Gasteiger partial charge in [-0.05, 0) is 42.5 Å². The van der Waals surface area contributed by atoms with E-state index < -0.39 is 0 Å². The summed E-state index contributed by atoms with van der Waals surface area (Å²) >= 11 is 2.79. The Morgan fingerprint density at radius 3 is 2.67 bits per heavy atom. The third-order valence-corrected chi connectivity index (χ3v) is 7.62. The number of fused-ring (bicyclic) bond motifs is 1. The Balaban J connectivity index is 1.68. The first-order valence-corrected chi connectivity index (χ1v) is 12.7. The third kappa shape index (κ3) is 5.89. The van der Waals surface area contributed by atoms with Gasteiger partial charge in [-0.15, -0.1) is 11.3 Å². The number of nitrogens with one attached hydrogen (secondary N) is 1. The van der Waals surface area contributed by atoms with Crippen molar-refractivity contribution in [2.24, 2.45) is 5.92 Å². The van der Waals surface area contributed by atoms with Crippen LogP contribution in [0, 0.1) is 12.8 Å². The lowest BCUT2D eigenvalue weighted by molar-refractivity contribution is -0.127. The molecule has 0 aliphatic carbocycles. The van der Waals surface area contributed by atoms with E-state index in [-0.39, 0.29) is 17.2 Å². The van der Waals surface area contributed by atoms with Gasteiger partial charge in [0.15, 0.2) is 16.7 Å². The van der Waals surface area contributed by atoms with Crippen molar-refractivity contribution in [2.75, 3.05) is 27.0 Å². The summed E-state index contributed by atoms with van der Waals surface area (Å²) in [6.07, 6.45) is 1.94. The van der Waals surface area contributed by atoms with Crippen LogP contribution in [0.5, 0.6) is 11.5 Å². The molecule has 0 aliphatic rings. The Hall–Kier alpha value is -2.52. The van der Waals surface area contributed by atoms with Crippen LogP contribution in [0.2, 0.25) is 0 Å². The van der Waals surface area contributed by atoms with Gasteiger partial charge >= 0.3 is 0 Å². The second-order valence-corrected chi connectivity index (χ2v) is 10.3. The van der Waals surface area contributed by atoms with E-state index in [0.29, 0.717) is 34.5 Å². The second kappa shape index (κ2) is 11.1. The molecule has 7 nitrogen and oxygen atoms in total. The number of hydrogen-bond acceptors (Lipinski definition) is 7. The first kappa shape index (κ1) is 25.1. The molecule has 0 radical (unpaired) electrons. The molecule has 3 rings (SSSR count). The standard InChI is InChI=1S/C24H31N3O4S2/c1-7-14(2)10-17-15(3)33-23-21(17)22(29)25-24(26-23)32-13-20(28)27(4)12-16-8-9-18(30-5)19(11-16)31-6/h8-9,11,14H,7,10,12-13H2,1-6H3,(H,25,26,29). The zero-order valence-corrected chi connectivity index (χ0v) is 21.6. The fourth-order valence-electron chi connectivity index (χ4n) is 3.54. The first-order valence-electron chi connectivity index (χ1n) is 10.9. The van der Waals surface area contributed by atoms with Gasteiger partial charge in [0.2, 0.25) is 5.91 Å². The van der Waals surface area contributed by atoms with Gasteiger partial charge in [-0.25, -0.2) is 4.98 Å². The van der Waals surface area contributed by atoms with Crippen molar-refractivity contribution >= 4 is 39.2 Å². The zero-order chi connectivity index (χ0) is 24.1. The summed E-state index contributed by atoms with van der Waals surface area (Å²) in [5.74, 6) is 1.90. The van der Waals surface area contributed by atoms with Crippen molar-refractivity contribution in [1.29, 1.82) is 0 Å². The van der Waals surface area contributed by atoms with E-state index >= 15 is 0 Å². The predicted octanol–water partition coefficient (Wildman–Crippen LogP) is 4.65. The average molecular weight is 490 g/mol. The number of aromatic amines is 1. The average Bonchev–Trinajstić information content (AvgIpc) is 3.12. The number of nitrogens with zero attached hydrogens (tertiary/aromatic N) is 2. The van der Waals surface area contributed by atoms with Gasteiger partial charge in [0, 0.05) is 18.5 Å². The van der Waals surface area contributed by atoms with Crippen molar-refractivity contribution in [2.45, 2.75) is 45.3 Å². The molecule has 178 valence electrons. The van der Waals surface area contributed by atoms with E-state index in [0.717, 1.165) is 33.7 Å². The number of aryl methyl sites for hydroxylation is 1. The van der Waals surface area contributed by atoms with E-state index in [1.165, 1.54) is 11.8 Å². The number of ether oxygens (including phenoxy) is 2. The van der Waals surface area contributed by atoms with Crippen LogP contribution >= 0.6 is 23.1 Å². The summed E-state index contributed by atoms with van der Waals surface area (Å²) in [5.41, 5.74) is 1.90. The number of hydrogen-bond donors (Lipinski definition) is 1. The molecule has 1 unspecified atom stereocenters. The highest BCUT2D eigenvalue weighted by Gasteiger charge is 2.18. The van der Waals surface area contributed by atoms with Crippen LogP contribution in [-0.4, -0.2) is 47.8 Å². The van der Waals surface area contributed by atoms with E-state index in [1.54, 1.807) is 37.5 Å². The quantitative estimate of drug-likeness (QED) is 0.330. The molecule has 2 heterocycles. The molecule has 2 aromatic heterocycles. The maximum atomic E-state index is 12.8. The number of thioether (sulfide) groups is 1. The molecule has 0 aliphatic heterocycles. The fraction of sp³-hybridized carbons (Fsp3) is 0.458. The maximum absolute atomic E-state index is 12.8. The summed E-state index contributed by atoms with van der Waals surface area (Å²) in [6, 6.07) is 5.59. The summed E-state index contributed by atoms with van der Waals surface area (Å²) in [6.45, 7) is 6.83. The van der Waals surface area contributed by atoms with Crippen molar-refractivity contribution in [1.82, 2.24) is 14.9 Å². The number of H-pyrrole nitrogens is 1. The van der Waals surface area contributed by atoms with E-state index in [2.05, 4.69) is 23.8 Å². The lowest BCUT2D eigenvalue weighted by Gasteiger charge is -2.18. The van der Waals surface area contributed by atoms with Crippen LogP contribution in [0.3, 0.4) is 0 Å². The molecule has 0 spiro atoms. The molecule has 1 aromatic carbocycles. The summed E-state index contributed by atoms with van der Waals surface area (Å²) in [7, 11) is 4.92. The highest BCUT2D eigenvalue weighted by atomic mass is 32.2. The lowest BCUT2D eigenvalue weighted by Crippen LogP contribution is -2.28. The van der Waals surface area contributed by atoms with Crippen LogP contribution in [0.4, 0.5) is 0 Å². The molecule has 0 fully saturated rings. The molecule has 0 saturated carbocycles. The lowest BCUT2D eigenvalue weighted by atomic mass is 9.98. The van der Waals surface area contributed by atoms with Crippen LogP contribution in [0.1, 0.15) is 36.3 Å². The van der Waals surface area contributed by atoms with Gasteiger partial charge < -0.3 is 19.4 Å². The topological polar surface area (TPSA) is 84.5 Å². The minimum atomic E-state index is -0.128. The Morgan fingerprint density at radius 2 is 2.00 bits per heavy atom. The smallest absolute Gasteiger partial charge is 0.260 e. The van der Waals surface area contributed by atoms with Crippen molar-refractivity contribution in [3.63, 3.8) is 0 Å². The Bertz CT molecular complexity index is 1190. The highest BCUT2D eigenvalue weighted by Crippen LogP contribution is 2.31. The molecule has 1 N–H and O–H groups in total. The van der Waals surface area contributed by atoms with Crippen molar-refractivity contribution in [3.8, 4) is 11.5 Å². The minimum absolute atomic E-state index is 0.0580. The number of rotatable bonds is 10. The third-order valence-electron chi connectivity index (χ3n) is 5.72. The fourth-order valence-corrected chi connectivity index (χ4v) is 5.46. The molecular weight excluding hydrogens is 458 g/mol. The van der Waals surface area contributed by atoms with E-state index in [1.807, 2.05) is 25.1 Å². The first-order chi connectivity index (χ1) is 15.8. The molecule has 3 aromatic rings. The molecule has 0 bridgehead atoms. The van der Waals surface area contributed by atoms with E-state index in [9.17, 15) is 9.59 Å². The highest BCUT2D eigenvalue weighted by molar-refractivity contribution is 7.99. The van der Waals surface area contributed by atoms with Crippen LogP contribution in [0.15, 0.2) is 28.2 Å². The number of benzene rings is 1. The van der Waals surface area contributed by atoms with Crippen molar-refractivity contribution < 1.29 is 14.3 Å². The van der Waals surface area contributed by atoms with Crippen LogP contribution < -0.4 is 15.0 Å². The zero-order valence-electron chi connectivity index (χ0n) is 20.0. The maximum Gasteiger partial charge on any atom is 0.260 e. The van der Waals surface area contributed by atoms with Gasteiger partial charge in [-0.2, -0.15) is 0 Å². The molecule has 1 amide bonds. The number of thiophene rings is 1. The predicted molar refractivity (Wildman–Crippen MR) is 135 cm³/mol. The SMILES string of the molecule is CCC(C)Cc1c(C)sc2nc(SCC(=O)N(C)Cc3ccc(OC)c(OC)c3)[nH]c(=O)c12. The molecule has 33 heavy (non-hydrogen) atoms. The van der Waals surface area contributed by atoms with Gasteiger partial charge in [-0.1, -0.05) is 38.1 Å². The van der Waals surface area contributed by atoms with Crippen LogP contribution in [-0.2, 0) is 17.8 Å². The molecule has 9 heteroatoms. The number of methoxy groups -OCH3 is 2. The van der Waals surface area contributed by atoms with Gasteiger partial charge in [0.1, 0.15) is 4.83 Å².